The van der Waals surface area contributed by atoms with E-state index >= 15 is 0 Å². The van der Waals surface area contributed by atoms with Gasteiger partial charge in [-0.25, -0.2) is 0 Å². The number of hydrogen-bond acceptors (Lipinski definition) is 2. The normalized spacial score (nSPS) is 37.4. The Bertz CT molecular complexity index is 298. The standard InChI is InChI=1S/C18H33NO/c1-2-19-16-8-4-3-7-15(13-16)14-17-9-12-18(20-17)10-5-6-11-18/h15-17,19H,2-14H2,1H3. The van der Waals surface area contributed by atoms with Crippen molar-refractivity contribution in [2.45, 2.75) is 102 Å². The van der Waals surface area contributed by atoms with E-state index in [9.17, 15) is 0 Å². The minimum absolute atomic E-state index is 0.330. The fourth-order valence-corrected chi connectivity index (χ4v) is 4.97. The lowest BCUT2D eigenvalue weighted by atomic mass is 9.90. The Kier molecular flexibility index (Phi) is 5.04. The van der Waals surface area contributed by atoms with E-state index in [1.165, 1.54) is 77.0 Å². The third kappa shape index (κ3) is 3.57. The largest absolute Gasteiger partial charge is 0.372 e. The van der Waals surface area contributed by atoms with Gasteiger partial charge in [-0.3, -0.25) is 0 Å². The summed E-state index contributed by atoms with van der Waals surface area (Å²) in [4.78, 5) is 0. The van der Waals surface area contributed by atoms with Crippen molar-refractivity contribution < 1.29 is 4.74 Å². The average Bonchev–Trinajstić information content (AvgIpc) is 2.99. The first-order valence-electron chi connectivity index (χ1n) is 9.21. The Morgan fingerprint density at radius 2 is 1.80 bits per heavy atom. The average molecular weight is 279 g/mol. The first-order valence-corrected chi connectivity index (χ1v) is 9.21. The number of hydrogen-bond donors (Lipinski definition) is 1. The van der Waals surface area contributed by atoms with Crippen molar-refractivity contribution in [3.05, 3.63) is 0 Å². The topological polar surface area (TPSA) is 21.3 Å². The molecule has 1 N–H and O–H groups in total. The monoisotopic (exact) mass is 279 g/mol. The van der Waals surface area contributed by atoms with Gasteiger partial charge in [0.15, 0.2) is 0 Å². The summed E-state index contributed by atoms with van der Waals surface area (Å²) in [7, 11) is 0. The van der Waals surface area contributed by atoms with Crippen LogP contribution in [0.15, 0.2) is 0 Å². The molecule has 0 radical (unpaired) electrons. The van der Waals surface area contributed by atoms with Gasteiger partial charge in [0, 0.05) is 6.04 Å². The van der Waals surface area contributed by atoms with E-state index in [0.29, 0.717) is 11.7 Å². The molecule has 0 aromatic rings. The van der Waals surface area contributed by atoms with Crippen molar-refractivity contribution >= 4 is 0 Å². The summed E-state index contributed by atoms with van der Waals surface area (Å²) >= 11 is 0. The quantitative estimate of drug-likeness (QED) is 0.769. The lowest BCUT2D eigenvalue weighted by Gasteiger charge is -2.26. The summed E-state index contributed by atoms with van der Waals surface area (Å²) < 4.78 is 6.53. The van der Waals surface area contributed by atoms with Crippen LogP contribution >= 0.6 is 0 Å². The lowest BCUT2D eigenvalue weighted by molar-refractivity contribution is -0.0450. The van der Waals surface area contributed by atoms with Crippen LogP contribution in [0.1, 0.15) is 84.0 Å². The molecule has 116 valence electrons. The molecule has 3 fully saturated rings. The first-order chi connectivity index (χ1) is 9.80. The molecular weight excluding hydrogens is 246 g/mol. The van der Waals surface area contributed by atoms with Gasteiger partial charge >= 0.3 is 0 Å². The maximum Gasteiger partial charge on any atom is 0.0687 e. The molecule has 1 spiro atoms. The second-order valence-corrected chi connectivity index (χ2v) is 7.55. The zero-order valence-electron chi connectivity index (χ0n) is 13.3. The van der Waals surface area contributed by atoms with Gasteiger partial charge in [0.25, 0.3) is 0 Å². The van der Waals surface area contributed by atoms with Gasteiger partial charge in [0.05, 0.1) is 11.7 Å². The molecule has 3 rings (SSSR count). The second-order valence-electron chi connectivity index (χ2n) is 7.55. The molecule has 2 heteroatoms. The zero-order chi connectivity index (χ0) is 13.8. The predicted molar refractivity (Wildman–Crippen MR) is 84.0 cm³/mol. The van der Waals surface area contributed by atoms with Crippen LogP contribution < -0.4 is 5.32 Å². The first kappa shape index (κ1) is 14.8. The van der Waals surface area contributed by atoms with Gasteiger partial charge in [-0.2, -0.15) is 0 Å². The molecule has 3 aliphatic rings. The number of ether oxygens (including phenoxy) is 1. The molecule has 0 amide bonds. The zero-order valence-corrected chi connectivity index (χ0v) is 13.3. The van der Waals surface area contributed by atoms with Crippen LogP contribution in [0, 0.1) is 5.92 Å². The Morgan fingerprint density at radius 1 is 1.00 bits per heavy atom. The minimum Gasteiger partial charge on any atom is -0.372 e. The molecule has 1 saturated heterocycles. The van der Waals surface area contributed by atoms with Crippen molar-refractivity contribution in [1.29, 1.82) is 0 Å². The fourth-order valence-electron chi connectivity index (χ4n) is 4.97. The molecule has 0 aromatic heterocycles. The van der Waals surface area contributed by atoms with E-state index in [4.69, 9.17) is 4.74 Å². The van der Waals surface area contributed by atoms with Crippen molar-refractivity contribution in [3.8, 4) is 0 Å². The summed E-state index contributed by atoms with van der Waals surface area (Å²) in [6.07, 6.45) is 17.2. The molecule has 2 nitrogen and oxygen atoms in total. The lowest BCUT2D eigenvalue weighted by Crippen LogP contribution is -2.31. The van der Waals surface area contributed by atoms with Crippen molar-refractivity contribution in [2.24, 2.45) is 5.92 Å². The molecule has 20 heavy (non-hydrogen) atoms. The Hall–Kier alpha value is -0.0800. The van der Waals surface area contributed by atoms with Crippen LogP contribution in [-0.2, 0) is 4.74 Å². The highest BCUT2D eigenvalue weighted by molar-refractivity contribution is 4.93. The molecule has 2 aliphatic carbocycles. The molecule has 2 saturated carbocycles. The van der Waals surface area contributed by atoms with Gasteiger partial charge in [0.2, 0.25) is 0 Å². The van der Waals surface area contributed by atoms with Crippen molar-refractivity contribution in [3.63, 3.8) is 0 Å². The number of nitrogens with one attached hydrogen (secondary N) is 1. The smallest absolute Gasteiger partial charge is 0.0687 e. The Labute approximate surface area is 125 Å². The summed E-state index contributed by atoms with van der Waals surface area (Å²) in [6, 6.07) is 0.773. The maximum absolute atomic E-state index is 6.53. The van der Waals surface area contributed by atoms with Crippen LogP contribution in [0.5, 0.6) is 0 Å². The number of rotatable bonds is 4. The van der Waals surface area contributed by atoms with Crippen LogP contribution in [0.4, 0.5) is 0 Å². The SMILES string of the molecule is CCNC1CCCCC(CC2CCC3(CCCC3)O2)C1. The van der Waals surface area contributed by atoms with Crippen LogP contribution in [-0.4, -0.2) is 24.3 Å². The van der Waals surface area contributed by atoms with Crippen LogP contribution in [0.3, 0.4) is 0 Å². The predicted octanol–water partition coefficient (Wildman–Crippen LogP) is 4.43. The van der Waals surface area contributed by atoms with E-state index in [2.05, 4.69) is 12.2 Å². The Balaban J connectivity index is 1.49. The van der Waals surface area contributed by atoms with E-state index < -0.39 is 0 Å². The van der Waals surface area contributed by atoms with E-state index in [0.717, 1.165) is 18.5 Å². The molecule has 1 heterocycles. The van der Waals surface area contributed by atoms with Crippen molar-refractivity contribution in [1.82, 2.24) is 5.32 Å². The van der Waals surface area contributed by atoms with Gasteiger partial charge in [-0.15, -0.1) is 0 Å². The van der Waals surface area contributed by atoms with Crippen molar-refractivity contribution in [2.75, 3.05) is 6.54 Å². The van der Waals surface area contributed by atoms with Gasteiger partial charge < -0.3 is 10.1 Å². The highest BCUT2D eigenvalue weighted by Gasteiger charge is 2.42. The van der Waals surface area contributed by atoms with Gasteiger partial charge in [-0.1, -0.05) is 39.0 Å². The highest BCUT2D eigenvalue weighted by Crippen LogP contribution is 2.45. The molecular formula is C18H33NO. The molecule has 0 bridgehead atoms. The van der Waals surface area contributed by atoms with Crippen LogP contribution in [0.2, 0.25) is 0 Å². The fraction of sp³-hybridized carbons (Fsp3) is 1.00. The van der Waals surface area contributed by atoms with E-state index in [-0.39, 0.29) is 0 Å². The van der Waals surface area contributed by atoms with Crippen LogP contribution in [0.25, 0.3) is 0 Å². The van der Waals surface area contributed by atoms with E-state index in [1.807, 2.05) is 0 Å². The summed E-state index contributed by atoms with van der Waals surface area (Å²) in [5, 5.41) is 3.69. The third-order valence-corrected chi connectivity index (χ3v) is 5.98. The third-order valence-electron chi connectivity index (χ3n) is 5.98. The van der Waals surface area contributed by atoms with Gasteiger partial charge in [-0.05, 0) is 57.4 Å². The molecule has 3 atom stereocenters. The molecule has 0 aromatic carbocycles. The minimum atomic E-state index is 0.330. The summed E-state index contributed by atoms with van der Waals surface area (Å²) in [5.74, 6) is 0.906. The van der Waals surface area contributed by atoms with E-state index in [1.54, 1.807) is 0 Å². The molecule has 1 aliphatic heterocycles. The summed E-state index contributed by atoms with van der Waals surface area (Å²) in [5.41, 5.74) is 0.330. The Morgan fingerprint density at radius 3 is 2.60 bits per heavy atom. The molecule has 3 unspecified atom stereocenters. The summed E-state index contributed by atoms with van der Waals surface area (Å²) in [6.45, 7) is 3.37. The van der Waals surface area contributed by atoms with Gasteiger partial charge in [0.1, 0.15) is 0 Å². The highest BCUT2D eigenvalue weighted by atomic mass is 16.5. The maximum atomic E-state index is 6.53. The second kappa shape index (κ2) is 6.79.